The molecular weight excluding hydrogens is 322 g/mol. The first kappa shape index (κ1) is 17.6. The van der Waals surface area contributed by atoms with Crippen molar-refractivity contribution in [1.29, 1.82) is 0 Å². The third-order valence-electron chi connectivity index (χ3n) is 5.15. The summed E-state index contributed by atoms with van der Waals surface area (Å²) in [5, 5.41) is 0. The highest BCUT2D eigenvalue weighted by Gasteiger charge is 2.25. The van der Waals surface area contributed by atoms with E-state index in [1.165, 1.54) is 25.0 Å². The maximum absolute atomic E-state index is 12.7. The van der Waals surface area contributed by atoms with E-state index in [0.717, 1.165) is 30.5 Å². The highest BCUT2D eigenvalue weighted by atomic mass is 16.2. The van der Waals surface area contributed by atoms with Crippen LogP contribution in [0.4, 0.5) is 0 Å². The van der Waals surface area contributed by atoms with Gasteiger partial charge in [0.25, 0.3) is 5.56 Å². The summed E-state index contributed by atoms with van der Waals surface area (Å²) >= 11 is 0. The number of aromatic nitrogens is 4. The molecule has 0 N–H and O–H groups in total. The number of aryl methyl sites for hydroxylation is 1. The Hall–Kier alpha value is -2.22. The van der Waals surface area contributed by atoms with E-state index in [1.54, 1.807) is 18.5 Å². The van der Waals surface area contributed by atoms with Crippen LogP contribution in [0.25, 0.3) is 11.2 Å². The van der Waals surface area contributed by atoms with Crippen molar-refractivity contribution in [3.63, 3.8) is 0 Å². The van der Waals surface area contributed by atoms with Crippen LogP contribution >= 0.6 is 0 Å². The molecule has 2 aromatic heterocycles. The number of carbonyl (C=O) groups excluding carboxylic acids is 1. The number of likely N-dealkylation sites (tertiary alicyclic amines) is 1. The molecular formula is C17H25N5O3. The van der Waals surface area contributed by atoms with Gasteiger partial charge in [-0.25, -0.2) is 9.78 Å². The van der Waals surface area contributed by atoms with Crippen LogP contribution in [-0.4, -0.2) is 42.5 Å². The largest absolute Gasteiger partial charge is 0.332 e. The van der Waals surface area contributed by atoms with Gasteiger partial charge < -0.3 is 4.57 Å². The summed E-state index contributed by atoms with van der Waals surface area (Å²) in [6.45, 7) is 5.81. The Labute approximate surface area is 145 Å². The van der Waals surface area contributed by atoms with Crippen LogP contribution in [0, 0.1) is 0 Å². The third-order valence-corrected chi connectivity index (χ3v) is 5.15. The van der Waals surface area contributed by atoms with E-state index in [0.29, 0.717) is 23.5 Å². The highest BCUT2D eigenvalue weighted by molar-refractivity contribution is 5.82. The van der Waals surface area contributed by atoms with Crippen molar-refractivity contribution in [2.24, 2.45) is 14.1 Å². The maximum atomic E-state index is 12.7. The average Bonchev–Trinajstić information content (AvgIpc) is 2.97. The first-order chi connectivity index (χ1) is 11.8. The van der Waals surface area contributed by atoms with Crippen LogP contribution in [-0.2, 0) is 25.4 Å². The molecule has 0 aromatic carbocycles. The minimum absolute atomic E-state index is 0.0462. The molecule has 1 fully saturated rings. The van der Waals surface area contributed by atoms with Crippen LogP contribution in [0.2, 0.25) is 0 Å². The summed E-state index contributed by atoms with van der Waals surface area (Å²) in [5.41, 5.74) is -0.168. The fourth-order valence-corrected chi connectivity index (χ4v) is 3.49. The minimum Gasteiger partial charge on any atom is -0.311 e. The minimum atomic E-state index is -0.505. The molecule has 3 rings (SSSR count). The van der Waals surface area contributed by atoms with Crippen LogP contribution in [0.3, 0.4) is 0 Å². The Morgan fingerprint density at radius 3 is 2.36 bits per heavy atom. The number of piperidine rings is 1. The lowest BCUT2D eigenvalue weighted by Gasteiger charge is -2.26. The molecule has 1 atom stereocenters. The highest BCUT2D eigenvalue weighted by Crippen LogP contribution is 2.21. The molecule has 1 aliphatic heterocycles. The van der Waals surface area contributed by atoms with E-state index >= 15 is 0 Å². The van der Waals surface area contributed by atoms with Gasteiger partial charge in [-0.1, -0.05) is 6.42 Å². The number of carbonyl (C=O) groups is 1. The smallest absolute Gasteiger partial charge is 0.311 e. The molecule has 0 saturated carbocycles. The molecule has 0 bridgehead atoms. The molecule has 8 heteroatoms. The van der Waals surface area contributed by atoms with Crippen molar-refractivity contribution in [3.8, 4) is 0 Å². The van der Waals surface area contributed by atoms with Gasteiger partial charge >= 0.3 is 5.69 Å². The van der Waals surface area contributed by atoms with Gasteiger partial charge in [0.15, 0.2) is 16.9 Å². The summed E-state index contributed by atoms with van der Waals surface area (Å²) < 4.78 is 4.16. The van der Waals surface area contributed by atoms with E-state index < -0.39 is 17.3 Å². The molecule has 2 aromatic rings. The molecule has 3 heterocycles. The van der Waals surface area contributed by atoms with Crippen molar-refractivity contribution in [3.05, 3.63) is 26.7 Å². The van der Waals surface area contributed by atoms with Crippen molar-refractivity contribution < 1.29 is 4.79 Å². The molecule has 136 valence electrons. The number of rotatable bonds is 4. The number of hydrogen-bond acceptors (Lipinski definition) is 5. The van der Waals surface area contributed by atoms with E-state index in [2.05, 4.69) is 9.88 Å². The van der Waals surface area contributed by atoms with Gasteiger partial charge in [-0.2, -0.15) is 0 Å². The first-order valence-corrected chi connectivity index (χ1v) is 8.72. The Balaban J connectivity index is 2.24. The van der Waals surface area contributed by atoms with E-state index in [4.69, 9.17) is 0 Å². The Morgan fingerprint density at radius 2 is 1.76 bits per heavy atom. The summed E-state index contributed by atoms with van der Waals surface area (Å²) in [6, 6.07) is -0.505. The van der Waals surface area contributed by atoms with Gasteiger partial charge in [0.1, 0.15) is 5.82 Å². The van der Waals surface area contributed by atoms with Crippen molar-refractivity contribution in [2.75, 3.05) is 13.1 Å². The zero-order valence-corrected chi connectivity index (χ0v) is 15.3. The summed E-state index contributed by atoms with van der Waals surface area (Å²) in [6.07, 6.45) is 3.51. The van der Waals surface area contributed by atoms with Crippen LogP contribution in [0.5, 0.6) is 0 Å². The molecule has 25 heavy (non-hydrogen) atoms. The number of imidazole rings is 1. The molecule has 0 aliphatic carbocycles. The Kier molecular flexibility index (Phi) is 4.64. The van der Waals surface area contributed by atoms with Gasteiger partial charge in [0.2, 0.25) is 0 Å². The van der Waals surface area contributed by atoms with Gasteiger partial charge in [-0.05, 0) is 39.8 Å². The summed E-state index contributed by atoms with van der Waals surface area (Å²) in [5.74, 6) is 0.619. The Morgan fingerprint density at radius 1 is 1.12 bits per heavy atom. The van der Waals surface area contributed by atoms with Crippen molar-refractivity contribution in [2.45, 2.75) is 45.7 Å². The summed E-state index contributed by atoms with van der Waals surface area (Å²) in [7, 11) is 3.05. The van der Waals surface area contributed by atoms with Crippen LogP contribution < -0.4 is 11.2 Å². The molecule has 0 radical (unpaired) electrons. The Bertz CT molecular complexity index is 930. The standard InChI is InChI=1S/C17H25N5O3/c1-11(12(2)23)22-13(10-21-8-6-5-7-9-21)18-15-14(22)16(24)20(4)17(25)19(15)3/h11H,5-10H2,1-4H3/t11-/m1/s1. The van der Waals surface area contributed by atoms with E-state index in [1.807, 2.05) is 0 Å². The maximum Gasteiger partial charge on any atom is 0.332 e. The second-order valence-corrected chi connectivity index (χ2v) is 6.90. The second-order valence-electron chi connectivity index (χ2n) is 6.90. The number of ketones is 1. The third kappa shape index (κ3) is 2.95. The van der Waals surface area contributed by atoms with Gasteiger partial charge in [0.05, 0.1) is 12.6 Å². The van der Waals surface area contributed by atoms with Crippen molar-refractivity contribution >= 4 is 16.9 Å². The summed E-state index contributed by atoms with van der Waals surface area (Å²) in [4.78, 5) is 43.9. The monoisotopic (exact) mass is 347 g/mol. The molecule has 0 spiro atoms. The van der Waals surface area contributed by atoms with E-state index in [-0.39, 0.29) is 5.78 Å². The number of nitrogens with zero attached hydrogens (tertiary/aromatic N) is 5. The molecule has 1 aliphatic rings. The number of fused-ring (bicyclic) bond motifs is 1. The predicted octanol–water partition coefficient (Wildman–Crippen LogP) is 0.570. The SMILES string of the molecule is CC(=O)[C@@H](C)n1c(CN2CCCCC2)nc2c1c(=O)n(C)c(=O)n2C. The molecule has 0 unspecified atom stereocenters. The lowest BCUT2D eigenvalue weighted by Crippen LogP contribution is -2.38. The fourth-order valence-electron chi connectivity index (χ4n) is 3.49. The van der Waals surface area contributed by atoms with Gasteiger partial charge in [-0.15, -0.1) is 0 Å². The number of hydrogen-bond donors (Lipinski definition) is 0. The van der Waals surface area contributed by atoms with Gasteiger partial charge in [0, 0.05) is 14.1 Å². The topological polar surface area (TPSA) is 82.1 Å². The molecule has 1 saturated heterocycles. The predicted molar refractivity (Wildman–Crippen MR) is 94.7 cm³/mol. The zero-order chi connectivity index (χ0) is 18.3. The quantitative estimate of drug-likeness (QED) is 0.808. The van der Waals surface area contributed by atoms with E-state index in [9.17, 15) is 14.4 Å². The zero-order valence-electron chi connectivity index (χ0n) is 15.3. The normalized spacial score (nSPS) is 17.1. The molecule has 8 nitrogen and oxygen atoms in total. The lowest BCUT2D eigenvalue weighted by molar-refractivity contribution is -0.119. The fraction of sp³-hybridized carbons (Fsp3) is 0.647. The molecule has 0 amide bonds. The average molecular weight is 347 g/mol. The first-order valence-electron chi connectivity index (χ1n) is 8.72. The van der Waals surface area contributed by atoms with Gasteiger partial charge in [-0.3, -0.25) is 23.6 Å². The van der Waals surface area contributed by atoms with Crippen LogP contribution in [0.15, 0.2) is 9.59 Å². The lowest BCUT2D eigenvalue weighted by atomic mass is 10.1. The second kappa shape index (κ2) is 6.59. The van der Waals surface area contributed by atoms with Crippen LogP contribution in [0.1, 0.15) is 45.0 Å². The number of Topliss-reactive ketones (excluding diaryl/α,β-unsaturated/α-hetero) is 1. The van der Waals surface area contributed by atoms with Crippen molar-refractivity contribution in [1.82, 2.24) is 23.6 Å².